The highest BCUT2D eigenvalue weighted by Crippen LogP contribution is 2.28. The maximum Gasteiger partial charge on any atom is 0.316 e. The van der Waals surface area contributed by atoms with E-state index in [0.717, 1.165) is 42.0 Å². The first-order chi connectivity index (χ1) is 12.5. The summed E-state index contributed by atoms with van der Waals surface area (Å²) in [6, 6.07) is 13.6. The lowest BCUT2D eigenvalue weighted by Gasteiger charge is -2.31. The second-order valence-corrected chi connectivity index (χ2v) is 7.25. The minimum atomic E-state index is -0.931. The van der Waals surface area contributed by atoms with Crippen molar-refractivity contribution in [2.75, 3.05) is 0 Å². The number of carbonyl (C=O) groups is 2. The van der Waals surface area contributed by atoms with E-state index in [1.807, 2.05) is 31.2 Å². The second-order valence-electron chi connectivity index (χ2n) is 7.25. The monoisotopic (exact) mass is 353 g/mol. The first-order valence-corrected chi connectivity index (χ1v) is 9.38. The van der Waals surface area contributed by atoms with Gasteiger partial charge in [-0.05, 0) is 36.1 Å². The summed E-state index contributed by atoms with van der Waals surface area (Å²) in [7, 11) is 0. The Labute approximate surface area is 154 Å². The molecule has 138 valence electrons. The number of benzene rings is 2. The van der Waals surface area contributed by atoms with Crippen molar-refractivity contribution < 1.29 is 9.59 Å². The number of amides is 3. The lowest BCUT2D eigenvalue weighted by molar-refractivity contribution is -0.124. The molecule has 0 radical (unpaired) electrons. The first-order valence-electron chi connectivity index (χ1n) is 9.38. The molecule has 4 N–H and O–H groups in total. The SMILES string of the molecule is C[C@@H](NC(=O)NC1(C(N)=O)CCCCCC1)c1cccc2ccccc12. The molecule has 1 atom stereocenters. The number of primary amides is 1. The molecule has 1 saturated carbocycles. The third-order valence-corrected chi connectivity index (χ3v) is 5.42. The largest absolute Gasteiger partial charge is 0.368 e. The molecule has 1 fully saturated rings. The highest BCUT2D eigenvalue weighted by atomic mass is 16.2. The molecule has 3 rings (SSSR count). The Kier molecular flexibility index (Phi) is 5.45. The van der Waals surface area contributed by atoms with Crippen LogP contribution < -0.4 is 16.4 Å². The van der Waals surface area contributed by atoms with Gasteiger partial charge >= 0.3 is 6.03 Å². The topological polar surface area (TPSA) is 84.2 Å². The number of hydrogen-bond donors (Lipinski definition) is 3. The summed E-state index contributed by atoms with van der Waals surface area (Å²) in [5, 5.41) is 8.12. The zero-order valence-corrected chi connectivity index (χ0v) is 15.3. The molecule has 3 amide bonds. The summed E-state index contributed by atoms with van der Waals surface area (Å²) < 4.78 is 0. The van der Waals surface area contributed by atoms with Crippen molar-refractivity contribution in [1.29, 1.82) is 0 Å². The summed E-state index contributed by atoms with van der Waals surface area (Å²) in [5.41, 5.74) is 5.77. The maximum atomic E-state index is 12.6. The minimum Gasteiger partial charge on any atom is -0.368 e. The van der Waals surface area contributed by atoms with Gasteiger partial charge in [0, 0.05) is 0 Å². The van der Waals surface area contributed by atoms with E-state index in [-0.39, 0.29) is 12.1 Å². The average Bonchev–Trinajstić information content (AvgIpc) is 2.87. The van der Waals surface area contributed by atoms with E-state index in [4.69, 9.17) is 5.73 Å². The molecule has 26 heavy (non-hydrogen) atoms. The van der Waals surface area contributed by atoms with Crippen LogP contribution in [-0.2, 0) is 4.79 Å². The van der Waals surface area contributed by atoms with E-state index >= 15 is 0 Å². The smallest absolute Gasteiger partial charge is 0.316 e. The Bertz CT molecular complexity index is 789. The number of carbonyl (C=O) groups excluding carboxylic acids is 2. The first kappa shape index (κ1) is 18.2. The summed E-state index contributed by atoms with van der Waals surface area (Å²) in [6.45, 7) is 1.95. The van der Waals surface area contributed by atoms with Gasteiger partial charge in [-0.3, -0.25) is 4.79 Å². The van der Waals surface area contributed by atoms with Crippen LogP contribution in [0.25, 0.3) is 10.8 Å². The molecule has 1 aliphatic carbocycles. The van der Waals surface area contributed by atoms with E-state index in [9.17, 15) is 9.59 Å². The number of nitrogens with two attached hydrogens (primary N) is 1. The Morgan fingerprint density at radius 2 is 1.65 bits per heavy atom. The van der Waals surface area contributed by atoms with Crippen LogP contribution in [0.15, 0.2) is 42.5 Å². The summed E-state index contributed by atoms with van der Waals surface area (Å²) >= 11 is 0. The van der Waals surface area contributed by atoms with Gasteiger partial charge in [0.1, 0.15) is 5.54 Å². The number of nitrogens with one attached hydrogen (secondary N) is 2. The molecule has 5 heteroatoms. The lowest BCUT2D eigenvalue weighted by atomic mass is 9.89. The Hall–Kier alpha value is -2.56. The van der Waals surface area contributed by atoms with Crippen LogP contribution >= 0.6 is 0 Å². The van der Waals surface area contributed by atoms with E-state index < -0.39 is 11.4 Å². The third-order valence-electron chi connectivity index (χ3n) is 5.42. The molecule has 0 unspecified atom stereocenters. The fourth-order valence-corrected chi connectivity index (χ4v) is 3.92. The van der Waals surface area contributed by atoms with Crippen LogP contribution in [0, 0.1) is 0 Å². The van der Waals surface area contributed by atoms with Crippen LogP contribution in [0.1, 0.15) is 57.1 Å². The molecule has 1 aliphatic rings. The molecule has 0 bridgehead atoms. The lowest BCUT2D eigenvalue weighted by Crippen LogP contribution is -2.59. The van der Waals surface area contributed by atoms with Gasteiger partial charge < -0.3 is 16.4 Å². The highest BCUT2D eigenvalue weighted by molar-refractivity contribution is 5.90. The molecular weight excluding hydrogens is 326 g/mol. The Morgan fingerprint density at radius 3 is 2.35 bits per heavy atom. The summed E-state index contributed by atoms with van der Waals surface area (Å²) in [5.74, 6) is -0.438. The van der Waals surface area contributed by atoms with Crippen LogP contribution in [0.4, 0.5) is 4.79 Å². The fourth-order valence-electron chi connectivity index (χ4n) is 3.92. The van der Waals surface area contributed by atoms with Gasteiger partial charge in [-0.1, -0.05) is 68.1 Å². The molecule has 0 aliphatic heterocycles. The van der Waals surface area contributed by atoms with Crippen LogP contribution in [-0.4, -0.2) is 17.5 Å². The highest BCUT2D eigenvalue weighted by Gasteiger charge is 2.38. The van der Waals surface area contributed by atoms with Gasteiger partial charge in [0.15, 0.2) is 0 Å². The number of rotatable bonds is 4. The number of urea groups is 1. The molecule has 0 spiro atoms. The predicted octanol–water partition coefficient (Wildman–Crippen LogP) is 3.78. The average molecular weight is 353 g/mol. The molecule has 2 aromatic rings. The van der Waals surface area contributed by atoms with Crippen molar-refractivity contribution in [2.24, 2.45) is 5.73 Å². The van der Waals surface area contributed by atoms with Crippen molar-refractivity contribution in [1.82, 2.24) is 10.6 Å². The van der Waals surface area contributed by atoms with Crippen molar-refractivity contribution in [3.63, 3.8) is 0 Å². The Morgan fingerprint density at radius 1 is 1.00 bits per heavy atom. The number of hydrogen-bond acceptors (Lipinski definition) is 2. The molecular formula is C21H27N3O2. The van der Waals surface area contributed by atoms with E-state index in [0.29, 0.717) is 12.8 Å². The van der Waals surface area contributed by atoms with Crippen LogP contribution in [0.2, 0.25) is 0 Å². The van der Waals surface area contributed by atoms with Gasteiger partial charge in [0.2, 0.25) is 5.91 Å². The molecule has 2 aromatic carbocycles. The maximum absolute atomic E-state index is 12.6. The number of fused-ring (bicyclic) bond motifs is 1. The standard InChI is InChI=1S/C21H27N3O2/c1-15(17-12-8-10-16-9-4-5-11-18(16)17)23-20(26)24-21(19(22)25)13-6-2-3-7-14-21/h4-5,8-12,15H,2-3,6-7,13-14H2,1H3,(H2,22,25)(H2,23,24,26)/t15-/m1/s1. The summed E-state index contributed by atoms with van der Waals surface area (Å²) in [6.07, 6.45) is 5.18. The molecule has 0 aromatic heterocycles. The summed E-state index contributed by atoms with van der Waals surface area (Å²) in [4.78, 5) is 24.7. The van der Waals surface area contributed by atoms with Crippen molar-refractivity contribution in [2.45, 2.75) is 57.0 Å². The zero-order valence-electron chi connectivity index (χ0n) is 15.3. The van der Waals surface area contributed by atoms with Gasteiger partial charge in [0.05, 0.1) is 6.04 Å². The van der Waals surface area contributed by atoms with E-state index in [2.05, 4.69) is 28.8 Å². The van der Waals surface area contributed by atoms with Gasteiger partial charge in [-0.25, -0.2) is 4.79 Å². The van der Waals surface area contributed by atoms with E-state index in [1.165, 1.54) is 0 Å². The second kappa shape index (κ2) is 7.77. The minimum absolute atomic E-state index is 0.184. The zero-order chi connectivity index (χ0) is 18.6. The van der Waals surface area contributed by atoms with Gasteiger partial charge in [0.25, 0.3) is 0 Å². The normalized spacial score (nSPS) is 17.9. The molecule has 0 heterocycles. The molecule has 5 nitrogen and oxygen atoms in total. The van der Waals surface area contributed by atoms with E-state index in [1.54, 1.807) is 0 Å². The van der Waals surface area contributed by atoms with Gasteiger partial charge in [-0.15, -0.1) is 0 Å². The molecule has 0 saturated heterocycles. The van der Waals surface area contributed by atoms with Crippen molar-refractivity contribution in [3.05, 3.63) is 48.0 Å². The van der Waals surface area contributed by atoms with Gasteiger partial charge in [-0.2, -0.15) is 0 Å². The van der Waals surface area contributed by atoms with Crippen LogP contribution in [0.5, 0.6) is 0 Å². The predicted molar refractivity (Wildman–Crippen MR) is 104 cm³/mol. The van der Waals surface area contributed by atoms with Crippen LogP contribution in [0.3, 0.4) is 0 Å². The van der Waals surface area contributed by atoms with Crippen molar-refractivity contribution >= 4 is 22.7 Å². The van der Waals surface area contributed by atoms with Crippen molar-refractivity contribution in [3.8, 4) is 0 Å². The third kappa shape index (κ3) is 3.82. The Balaban J connectivity index is 1.75. The fraction of sp³-hybridized carbons (Fsp3) is 0.429. The quantitative estimate of drug-likeness (QED) is 0.731.